The second kappa shape index (κ2) is 8.42. The van der Waals surface area contributed by atoms with Crippen molar-refractivity contribution in [1.82, 2.24) is 0 Å². The normalized spacial score (nSPS) is 25.3. The standard InChI is InChI=1S/C21H20O12/c22-6-11-14(25)17(28)19(30)21(33-11)32-10-5-9-12(15(26)13(10)24)16(27)18(29)20(31-9)7-1-3-8(23)4-2-7/h1-5,11,14,17,19,21-26,28-30H,6H2. The van der Waals surface area contributed by atoms with Gasteiger partial charge in [-0.05, 0) is 24.3 Å². The number of aliphatic hydroxyl groups excluding tert-OH is 4. The van der Waals surface area contributed by atoms with E-state index in [1.807, 2.05) is 0 Å². The second-order valence-corrected chi connectivity index (χ2v) is 7.42. The molecule has 12 nitrogen and oxygen atoms in total. The smallest absolute Gasteiger partial charge is 0.238 e. The van der Waals surface area contributed by atoms with Crippen molar-refractivity contribution in [2.45, 2.75) is 30.7 Å². The van der Waals surface area contributed by atoms with Gasteiger partial charge in [0.2, 0.25) is 23.2 Å². The maximum atomic E-state index is 12.7. The Morgan fingerprint density at radius 3 is 2.18 bits per heavy atom. The molecule has 3 aromatic rings. The van der Waals surface area contributed by atoms with Crippen LogP contribution in [0, 0.1) is 0 Å². The number of benzene rings is 2. The molecule has 2 heterocycles. The fourth-order valence-corrected chi connectivity index (χ4v) is 3.48. The molecule has 12 heteroatoms. The maximum Gasteiger partial charge on any atom is 0.238 e. The van der Waals surface area contributed by atoms with Crippen LogP contribution in [0.15, 0.2) is 39.5 Å². The van der Waals surface area contributed by atoms with Gasteiger partial charge in [-0.15, -0.1) is 0 Å². The van der Waals surface area contributed by atoms with E-state index in [0.29, 0.717) is 0 Å². The van der Waals surface area contributed by atoms with Crippen molar-refractivity contribution in [3.8, 4) is 40.1 Å². The first-order valence-electron chi connectivity index (χ1n) is 9.65. The van der Waals surface area contributed by atoms with E-state index in [1.54, 1.807) is 0 Å². The van der Waals surface area contributed by atoms with Gasteiger partial charge in [0.05, 0.1) is 6.61 Å². The van der Waals surface area contributed by atoms with E-state index >= 15 is 0 Å². The van der Waals surface area contributed by atoms with Crippen LogP contribution >= 0.6 is 0 Å². The zero-order chi connectivity index (χ0) is 24.0. The quantitative estimate of drug-likeness (QED) is 0.229. The third kappa shape index (κ3) is 3.79. The molecule has 5 unspecified atom stereocenters. The van der Waals surface area contributed by atoms with Gasteiger partial charge in [0, 0.05) is 11.6 Å². The lowest BCUT2D eigenvalue weighted by Crippen LogP contribution is -2.60. The van der Waals surface area contributed by atoms with Gasteiger partial charge in [-0.25, -0.2) is 0 Å². The Labute approximate surface area is 184 Å². The number of hydrogen-bond donors (Lipinski definition) is 8. The molecule has 0 bridgehead atoms. The topological polar surface area (TPSA) is 211 Å². The highest BCUT2D eigenvalue weighted by molar-refractivity contribution is 5.91. The van der Waals surface area contributed by atoms with Gasteiger partial charge in [-0.2, -0.15) is 0 Å². The molecule has 0 spiro atoms. The fraction of sp³-hybridized carbons (Fsp3) is 0.286. The number of phenols is 3. The Kier molecular flexibility index (Phi) is 5.78. The summed E-state index contributed by atoms with van der Waals surface area (Å²) < 4.78 is 16.1. The van der Waals surface area contributed by atoms with E-state index in [0.717, 1.165) is 6.07 Å². The summed E-state index contributed by atoms with van der Waals surface area (Å²) >= 11 is 0. The van der Waals surface area contributed by atoms with Crippen LogP contribution in [0.4, 0.5) is 0 Å². The van der Waals surface area contributed by atoms with Crippen LogP contribution in [0.1, 0.15) is 0 Å². The highest BCUT2D eigenvalue weighted by Gasteiger charge is 2.45. The van der Waals surface area contributed by atoms with Crippen molar-refractivity contribution in [2.24, 2.45) is 0 Å². The molecule has 4 rings (SSSR count). The molecule has 1 fully saturated rings. The largest absolute Gasteiger partial charge is 0.508 e. The molecular weight excluding hydrogens is 444 g/mol. The SMILES string of the molecule is O=c1c(O)c(-c2ccc(O)cc2)oc2cc(OC3OC(CO)C(O)C(O)C3O)c(O)c(O)c12. The summed E-state index contributed by atoms with van der Waals surface area (Å²) in [7, 11) is 0. The van der Waals surface area contributed by atoms with Crippen LogP contribution in [0.2, 0.25) is 0 Å². The molecule has 1 aliphatic heterocycles. The zero-order valence-electron chi connectivity index (χ0n) is 16.7. The molecule has 33 heavy (non-hydrogen) atoms. The van der Waals surface area contributed by atoms with Gasteiger partial charge in [-0.1, -0.05) is 0 Å². The predicted molar refractivity (Wildman–Crippen MR) is 109 cm³/mol. The highest BCUT2D eigenvalue weighted by atomic mass is 16.7. The first kappa shape index (κ1) is 22.6. The number of rotatable bonds is 4. The summed E-state index contributed by atoms with van der Waals surface area (Å²) in [5.41, 5.74) is -1.17. The van der Waals surface area contributed by atoms with Crippen molar-refractivity contribution in [3.05, 3.63) is 40.6 Å². The summed E-state index contributed by atoms with van der Waals surface area (Å²) in [6, 6.07) is 6.30. The summed E-state index contributed by atoms with van der Waals surface area (Å²) in [4.78, 5) is 12.7. The van der Waals surface area contributed by atoms with Crippen LogP contribution in [-0.4, -0.2) is 78.2 Å². The van der Waals surface area contributed by atoms with E-state index in [1.165, 1.54) is 24.3 Å². The minimum atomic E-state index is -1.81. The maximum absolute atomic E-state index is 12.7. The Hall–Kier alpha value is -3.55. The molecule has 1 saturated heterocycles. The second-order valence-electron chi connectivity index (χ2n) is 7.42. The average Bonchev–Trinajstić information content (AvgIpc) is 2.80. The highest BCUT2D eigenvalue weighted by Crippen LogP contribution is 2.44. The Balaban J connectivity index is 1.80. The Morgan fingerprint density at radius 2 is 1.55 bits per heavy atom. The van der Waals surface area contributed by atoms with Gasteiger partial charge in [0.25, 0.3) is 0 Å². The number of aliphatic hydroxyl groups is 4. The predicted octanol–water partition coefficient (Wildman–Crippen LogP) is -0.539. The lowest BCUT2D eigenvalue weighted by atomic mass is 9.99. The van der Waals surface area contributed by atoms with Gasteiger partial charge in [-0.3, -0.25) is 4.79 Å². The van der Waals surface area contributed by atoms with Gasteiger partial charge in [0.15, 0.2) is 17.3 Å². The number of fused-ring (bicyclic) bond motifs is 1. The van der Waals surface area contributed by atoms with Crippen molar-refractivity contribution in [3.63, 3.8) is 0 Å². The fourth-order valence-electron chi connectivity index (χ4n) is 3.48. The minimum absolute atomic E-state index is 0.0702. The van der Waals surface area contributed by atoms with E-state index in [-0.39, 0.29) is 22.7 Å². The van der Waals surface area contributed by atoms with Crippen LogP contribution in [0.5, 0.6) is 28.7 Å². The number of phenolic OH excluding ortho intramolecular Hbond substituents is 3. The summed E-state index contributed by atoms with van der Waals surface area (Å²) in [5, 5.41) is 79.0. The lowest BCUT2D eigenvalue weighted by Gasteiger charge is -2.39. The van der Waals surface area contributed by atoms with Crippen molar-refractivity contribution in [2.75, 3.05) is 6.61 Å². The lowest BCUT2D eigenvalue weighted by molar-refractivity contribution is -0.277. The van der Waals surface area contributed by atoms with Crippen molar-refractivity contribution in [1.29, 1.82) is 0 Å². The average molecular weight is 464 g/mol. The number of ether oxygens (including phenoxy) is 2. The van der Waals surface area contributed by atoms with Gasteiger partial charge >= 0.3 is 0 Å². The number of aromatic hydroxyl groups is 4. The zero-order valence-corrected chi connectivity index (χ0v) is 16.7. The summed E-state index contributed by atoms with van der Waals surface area (Å²) in [6.07, 6.45) is -8.19. The molecule has 0 aliphatic carbocycles. The first-order valence-corrected chi connectivity index (χ1v) is 9.65. The summed E-state index contributed by atoms with van der Waals surface area (Å²) in [5.74, 6) is -3.70. The van der Waals surface area contributed by atoms with Crippen molar-refractivity contribution < 1.29 is 54.7 Å². The van der Waals surface area contributed by atoms with E-state index < -0.39 is 71.1 Å². The van der Waals surface area contributed by atoms with Gasteiger partial charge < -0.3 is 54.7 Å². The van der Waals surface area contributed by atoms with Crippen LogP contribution in [-0.2, 0) is 4.74 Å². The molecule has 176 valence electrons. The van der Waals surface area contributed by atoms with Gasteiger partial charge in [0.1, 0.15) is 41.1 Å². The molecular formula is C21H20O12. The molecule has 2 aromatic carbocycles. The Bertz CT molecular complexity index is 1230. The molecule has 0 amide bonds. The van der Waals surface area contributed by atoms with E-state index in [2.05, 4.69) is 0 Å². The van der Waals surface area contributed by atoms with Crippen LogP contribution in [0.3, 0.4) is 0 Å². The van der Waals surface area contributed by atoms with E-state index in [9.17, 15) is 45.6 Å². The minimum Gasteiger partial charge on any atom is -0.508 e. The monoisotopic (exact) mass is 464 g/mol. The first-order chi connectivity index (χ1) is 15.6. The third-order valence-corrected chi connectivity index (χ3v) is 5.29. The summed E-state index contributed by atoms with van der Waals surface area (Å²) in [6.45, 7) is -0.718. The van der Waals surface area contributed by atoms with Crippen LogP contribution < -0.4 is 10.2 Å². The van der Waals surface area contributed by atoms with E-state index in [4.69, 9.17) is 13.9 Å². The Morgan fingerprint density at radius 1 is 0.879 bits per heavy atom. The molecule has 0 saturated carbocycles. The molecule has 1 aliphatic rings. The molecule has 8 N–H and O–H groups in total. The van der Waals surface area contributed by atoms with Crippen molar-refractivity contribution >= 4 is 11.0 Å². The molecule has 0 radical (unpaired) electrons. The molecule has 1 aromatic heterocycles. The number of hydrogen-bond acceptors (Lipinski definition) is 12. The molecule has 5 atom stereocenters. The third-order valence-electron chi connectivity index (χ3n) is 5.29. The van der Waals surface area contributed by atoms with Crippen LogP contribution in [0.25, 0.3) is 22.3 Å².